The van der Waals surface area contributed by atoms with Gasteiger partial charge in [0.25, 0.3) is 5.91 Å². The number of hydrogen-bond donors (Lipinski definition) is 0. The monoisotopic (exact) mass is 448 g/mol. The van der Waals surface area contributed by atoms with Crippen molar-refractivity contribution >= 4 is 66.6 Å². The first-order chi connectivity index (χ1) is 13.5. The quantitative estimate of drug-likeness (QED) is 0.433. The number of likely N-dealkylation sites (N-methyl/N-ethyl adjacent to an activating group) is 1. The minimum atomic E-state index is -0.117. The van der Waals surface area contributed by atoms with Crippen molar-refractivity contribution in [3.8, 4) is 5.75 Å². The summed E-state index contributed by atoms with van der Waals surface area (Å²) in [5, 5.41) is 1.16. The van der Waals surface area contributed by atoms with Crippen molar-refractivity contribution in [1.29, 1.82) is 0 Å². The van der Waals surface area contributed by atoms with E-state index in [2.05, 4.69) is 9.88 Å². The number of rotatable bonds is 6. The fraction of sp³-hybridized carbons (Fsp3) is 0.250. The molecule has 0 atom stereocenters. The summed E-state index contributed by atoms with van der Waals surface area (Å²) in [5.41, 5.74) is 1.70. The lowest BCUT2D eigenvalue weighted by atomic mass is 10.3. The van der Waals surface area contributed by atoms with Crippen LogP contribution in [0.4, 0.5) is 5.13 Å². The first-order valence-electron chi connectivity index (χ1n) is 8.82. The molecular formula is C20H21ClN4O2S2. The van der Waals surface area contributed by atoms with Gasteiger partial charge in [-0.1, -0.05) is 23.5 Å². The van der Waals surface area contributed by atoms with Crippen molar-refractivity contribution in [3.05, 3.63) is 47.5 Å². The van der Waals surface area contributed by atoms with E-state index >= 15 is 0 Å². The molecular weight excluding hydrogens is 428 g/mol. The van der Waals surface area contributed by atoms with Crippen molar-refractivity contribution in [2.24, 2.45) is 0 Å². The molecule has 0 aliphatic rings. The molecule has 9 heteroatoms. The molecule has 0 aliphatic heterocycles. The Morgan fingerprint density at radius 1 is 1.00 bits per heavy atom. The minimum absolute atomic E-state index is 0. The second kappa shape index (κ2) is 9.04. The standard InChI is InChI=1S/C20H20N4O2S2.ClH/c1-23(2)10-11-24(19(25)18-21-14-6-4-5-7-16(14)27-18)20-22-15-9-8-13(26-3)12-17(15)28-20;/h4-9,12H,10-11H2,1-3H3;1H. The Hall–Kier alpha value is -2.26. The zero-order valence-electron chi connectivity index (χ0n) is 16.3. The molecule has 0 unspecified atom stereocenters. The largest absolute Gasteiger partial charge is 0.497 e. The lowest BCUT2D eigenvalue weighted by molar-refractivity contribution is 0.0985. The van der Waals surface area contributed by atoms with E-state index in [9.17, 15) is 4.79 Å². The summed E-state index contributed by atoms with van der Waals surface area (Å²) in [4.78, 5) is 26.3. The summed E-state index contributed by atoms with van der Waals surface area (Å²) in [7, 11) is 5.62. The second-order valence-electron chi connectivity index (χ2n) is 6.58. The summed E-state index contributed by atoms with van der Waals surface area (Å²) in [6.07, 6.45) is 0. The number of fused-ring (bicyclic) bond motifs is 2. The number of thiazole rings is 2. The molecule has 0 saturated carbocycles. The predicted octanol–water partition coefficient (Wildman–Crippen LogP) is 4.54. The van der Waals surface area contributed by atoms with Crippen LogP contribution in [0, 0.1) is 0 Å². The van der Waals surface area contributed by atoms with Crippen LogP contribution in [-0.4, -0.2) is 55.1 Å². The summed E-state index contributed by atoms with van der Waals surface area (Å²) in [6.45, 7) is 1.27. The maximum Gasteiger partial charge on any atom is 0.289 e. The molecule has 2 aromatic carbocycles. The summed E-state index contributed by atoms with van der Waals surface area (Å²) in [6, 6.07) is 13.5. The molecule has 4 aromatic rings. The molecule has 0 saturated heterocycles. The maximum absolute atomic E-state index is 13.3. The lowest BCUT2D eigenvalue weighted by Crippen LogP contribution is -2.36. The first-order valence-corrected chi connectivity index (χ1v) is 10.4. The average Bonchev–Trinajstić information content (AvgIpc) is 3.31. The summed E-state index contributed by atoms with van der Waals surface area (Å²) in [5.74, 6) is 0.661. The number of benzene rings is 2. The molecule has 0 aliphatic carbocycles. The highest BCUT2D eigenvalue weighted by atomic mass is 35.5. The molecule has 2 aromatic heterocycles. The molecule has 0 bridgehead atoms. The van der Waals surface area contributed by atoms with Gasteiger partial charge in [0.2, 0.25) is 0 Å². The zero-order valence-corrected chi connectivity index (χ0v) is 18.7. The summed E-state index contributed by atoms with van der Waals surface area (Å²) < 4.78 is 7.30. The number of para-hydroxylation sites is 1. The SMILES string of the molecule is COc1ccc2nc(N(CCN(C)C)C(=O)c3nc4ccccc4s3)sc2c1.Cl. The van der Waals surface area contributed by atoms with Gasteiger partial charge in [0, 0.05) is 13.1 Å². The molecule has 1 amide bonds. The Morgan fingerprint density at radius 2 is 1.76 bits per heavy atom. The maximum atomic E-state index is 13.3. The Labute approximate surface area is 183 Å². The highest BCUT2D eigenvalue weighted by Gasteiger charge is 2.24. The van der Waals surface area contributed by atoms with E-state index < -0.39 is 0 Å². The van der Waals surface area contributed by atoms with E-state index in [-0.39, 0.29) is 18.3 Å². The number of amides is 1. The van der Waals surface area contributed by atoms with Gasteiger partial charge in [-0.3, -0.25) is 9.69 Å². The van der Waals surface area contributed by atoms with Gasteiger partial charge in [-0.15, -0.1) is 23.7 Å². The molecule has 2 heterocycles. The molecule has 0 radical (unpaired) electrons. The van der Waals surface area contributed by atoms with Crippen molar-refractivity contribution in [3.63, 3.8) is 0 Å². The van der Waals surface area contributed by atoms with Crippen LogP contribution in [0.1, 0.15) is 9.80 Å². The fourth-order valence-electron chi connectivity index (χ4n) is 2.80. The van der Waals surface area contributed by atoms with Gasteiger partial charge in [0.05, 0.1) is 27.5 Å². The molecule has 0 spiro atoms. The second-order valence-corrected chi connectivity index (χ2v) is 8.62. The van der Waals surface area contributed by atoms with Crippen LogP contribution < -0.4 is 9.64 Å². The number of carbonyl (C=O) groups excluding carboxylic acids is 1. The van der Waals surface area contributed by atoms with Gasteiger partial charge in [-0.25, -0.2) is 9.97 Å². The molecule has 29 heavy (non-hydrogen) atoms. The van der Waals surface area contributed by atoms with E-state index in [1.807, 2.05) is 56.6 Å². The van der Waals surface area contributed by atoms with Crippen molar-refractivity contribution in [2.45, 2.75) is 0 Å². The number of halogens is 1. The Bertz CT molecular complexity index is 1110. The number of methoxy groups -OCH3 is 1. The van der Waals surface area contributed by atoms with Gasteiger partial charge in [0.1, 0.15) is 5.75 Å². The Balaban J connectivity index is 0.00000240. The first kappa shape index (κ1) is 21.4. The van der Waals surface area contributed by atoms with Crippen LogP contribution in [0.5, 0.6) is 5.75 Å². The number of ether oxygens (including phenoxy) is 1. The lowest BCUT2D eigenvalue weighted by Gasteiger charge is -2.20. The summed E-state index contributed by atoms with van der Waals surface area (Å²) >= 11 is 2.91. The number of aromatic nitrogens is 2. The molecule has 152 valence electrons. The number of hydrogen-bond acceptors (Lipinski definition) is 7. The van der Waals surface area contributed by atoms with Gasteiger partial charge >= 0.3 is 0 Å². The average molecular weight is 449 g/mol. The van der Waals surface area contributed by atoms with Gasteiger partial charge < -0.3 is 9.64 Å². The fourth-order valence-corrected chi connectivity index (χ4v) is 4.73. The number of carbonyl (C=O) groups is 1. The minimum Gasteiger partial charge on any atom is -0.497 e. The molecule has 4 rings (SSSR count). The van der Waals surface area contributed by atoms with Crippen molar-refractivity contribution < 1.29 is 9.53 Å². The van der Waals surface area contributed by atoms with E-state index in [0.717, 1.165) is 32.7 Å². The van der Waals surface area contributed by atoms with E-state index in [1.165, 1.54) is 22.7 Å². The smallest absolute Gasteiger partial charge is 0.289 e. The van der Waals surface area contributed by atoms with E-state index in [1.54, 1.807) is 12.0 Å². The molecule has 6 nitrogen and oxygen atoms in total. The van der Waals surface area contributed by atoms with E-state index in [0.29, 0.717) is 16.7 Å². The molecule has 0 fully saturated rings. The van der Waals surface area contributed by atoms with Crippen LogP contribution in [0.15, 0.2) is 42.5 Å². The Morgan fingerprint density at radius 3 is 2.48 bits per heavy atom. The number of anilines is 1. The van der Waals surface area contributed by atoms with Gasteiger partial charge in [-0.05, 0) is 44.4 Å². The third-order valence-corrected chi connectivity index (χ3v) is 6.37. The predicted molar refractivity (Wildman–Crippen MR) is 123 cm³/mol. The van der Waals surface area contributed by atoms with Crippen LogP contribution >= 0.6 is 35.1 Å². The third kappa shape index (κ3) is 4.51. The van der Waals surface area contributed by atoms with Crippen LogP contribution in [0.2, 0.25) is 0 Å². The van der Waals surface area contributed by atoms with Gasteiger partial charge in [-0.2, -0.15) is 0 Å². The molecule has 0 N–H and O–H groups in total. The zero-order chi connectivity index (χ0) is 19.7. The van der Waals surface area contributed by atoms with Crippen LogP contribution in [0.3, 0.4) is 0 Å². The van der Waals surface area contributed by atoms with Crippen LogP contribution in [-0.2, 0) is 0 Å². The highest BCUT2D eigenvalue weighted by molar-refractivity contribution is 7.23. The van der Waals surface area contributed by atoms with Crippen molar-refractivity contribution in [1.82, 2.24) is 14.9 Å². The van der Waals surface area contributed by atoms with Crippen molar-refractivity contribution in [2.75, 3.05) is 39.2 Å². The Kier molecular flexibility index (Phi) is 6.69. The normalized spacial score (nSPS) is 11.0. The number of nitrogens with zero attached hydrogens (tertiary/aromatic N) is 4. The topological polar surface area (TPSA) is 58.6 Å². The van der Waals surface area contributed by atoms with E-state index in [4.69, 9.17) is 9.72 Å². The third-order valence-electron chi connectivity index (χ3n) is 4.31. The highest BCUT2D eigenvalue weighted by Crippen LogP contribution is 2.33. The van der Waals surface area contributed by atoms with Crippen LogP contribution in [0.25, 0.3) is 20.4 Å². The van der Waals surface area contributed by atoms with Gasteiger partial charge in [0.15, 0.2) is 10.1 Å².